The maximum atomic E-state index is 13.0. The van der Waals surface area contributed by atoms with E-state index in [1.165, 1.54) is 37.0 Å². The Hall–Kier alpha value is -2.44. The average Bonchev–Trinajstić information content (AvgIpc) is 3.14. The second-order valence-corrected chi connectivity index (χ2v) is 7.94. The lowest BCUT2D eigenvalue weighted by Crippen LogP contribution is -2.54. The van der Waals surface area contributed by atoms with Gasteiger partial charge < -0.3 is 4.57 Å². The SMILES string of the molecule is O=C1NC(=S)N(c2cccc(Cl)c2)C(=O)/C1=C\c1ccn(C2CCCCC2)c1. The van der Waals surface area contributed by atoms with Crippen molar-refractivity contribution in [1.29, 1.82) is 0 Å². The number of anilines is 1. The Kier molecular flexibility index (Phi) is 5.33. The molecule has 1 aromatic heterocycles. The van der Waals surface area contributed by atoms with E-state index in [1.54, 1.807) is 30.3 Å². The van der Waals surface area contributed by atoms with E-state index in [9.17, 15) is 9.59 Å². The number of benzene rings is 1. The van der Waals surface area contributed by atoms with Gasteiger partial charge in [0.15, 0.2) is 5.11 Å². The quantitative estimate of drug-likeness (QED) is 0.458. The molecule has 4 rings (SSSR count). The second-order valence-electron chi connectivity index (χ2n) is 7.12. The van der Waals surface area contributed by atoms with E-state index >= 15 is 0 Å². The number of carbonyl (C=O) groups excluding carboxylic acids is 2. The Labute approximate surface area is 174 Å². The molecule has 1 aromatic carbocycles. The Morgan fingerprint density at radius 2 is 1.93 bits per heavy atom. The number of halogens is 1. The first kappa shape index (κ1) is 18.9. The van der Waals surface area contributed by atoms with Crippen molar-refractivity contribution in [2.24, 2.45) is 0 Å². The van der Waals surface area contributed by atoms with Gasteiger partial charge in [0.1, 0.15) is 5.57 Å². The molecule has 1 saturated carbocycles. The first-order chi connectivity index (χ1) is 13.5. The third kappa shape index (κ3) is 3.75. The molecule has 2 amide bonds. The molecule has 1 saturated heterocycles. The van der Waals surface area contributed by atoms with Crippen LogP contribution in [0.3, 0.4) is 0 Å². The van der Waals surface area contributed by atoms with E-state index in [0.717, 1.165) is 5.56 Å². The largest absolute Gasteiger partial charge is 0.351 e. The van der Waals surface area contributed by atoms with E-state index in [1.807, 2.05) is 18.5 Å². The molecule has 0 atom stereocenters. The molecular weight excluding hydrogens is 394 g/mol. The number of nitrogens with one attached hydrogen (secondary N) is 1. The molecule has 1 aliphatic heterocycles. The van der Waals surface area contributed by atoms with Crippen LogP contribution in [0.5, 0.6) is 0 Å². The molecule has 5 nitrogen and oxygen atoms in total. The van der Waals surface area contributed by atoms with Crippen molar-refractivity contribution in [1.82, 2.24) is 9.88 Å². The van der Waals surface area contributed by atoms with Crippen molar-refractivity contribution in [2.45, 2.75) is 38.1 Å². The third-order valence-corrected chi connectivity index (χ3v) is 5.73. The van der Waals surface area contributed by atoms with Crippen molar-refractivity contribution in [3.05, 3.63) is 58.9 Å². The van der Waals surface area contributed by atoms with Crippen LogP contribution in [0.25, 0.3) is 6.08 Å². The Balaban J connectivity index is 1.63. The summed E-state index contributed by atoms with van der Waals surface area (Å²) in [5.41, 5.74) is 1.39. The number of amides is 2. The van der Waals surface area contributed by atoms with Crippen molar-refractivity contribution >= 4 is 52.5 Å². The summed E-state index contributed by atoms with van der Waals surface area (Å²) in [6.45, 7) is 0. The van der Waals surface area contributed by atoms with Gasteiger partial charge in [-0.05, 0) is 61.0 Å². The average molecular weight is 414 g/mol. The van der Waals surface area contributed by atoms with Crippen LogP contribution < -0.4 is 10.2 Å². The predicted molar refractivity (Wildman–Crippen MR) is 114 cm³/mol. The smallest absolute Gasteiger partial charge is 0.270 e. The molecule has 1 aliphatic carbocycles. The highest BCUT2D eigenvalue weighted by molar-refractivity contribution is 7.80. The number of nitrogens with zero attached hydrogens (tertiary/aromatic N) is 2. The monoisotopic (exact) mass is 413 g/mol. The lowest BCUT2D eigenvalue weighted by atomic mass is 9.95. The van der Waals surface area contributed by atoms with Crippen molar-refractivity contribution < 1.29 is 9.59 Å². The number of hydrogen-bond donors (Lipinski definition) is 1. The molecule has 0 bridgehead atoms. The van der Waals surface area contributed by atoms with Gasteiger partial charge in [0, 0.05) is 23.5 Å². The fraction of sp³-hybridized carbons (Fsp3) is 0.286. The van der Waals surface area contributed by atoms with Crippen molar-refractivity contribution in [2.75, 3.05) is 4.90 Å². The molecular formula is C21H20ClN3O2S. The van der Waals surface area contributed by atoms with Gasteiger partial charge in [-0.2, -0.15) is 0 Å². The summed E-state index contributed by atoms with van der Waals surface area (Å²) in [7, 11) is 0. The highest BCUT2D eigenvalue weighted by Crippen LogP contribution is 2.29. The molecule has 144 valence electrons. The zero-order chi connectivity index (χ0) is 19.7. The van der Waals surface area contributed by atoms with Crippen LogP contribution in [0.15, 0.2) is 48.3 Å². The summed E-state index contributed by atoms with van der Waals surface area (Å²) >= 11 is 11.3. The summed E-state index contributed by atoms with van der Waals surface area (Å²) in [6.07, 6.45) is 11.8. The van der Waals surface area contributed by atoms with Crippen LogP contribution in [-0.2, 0) is 9.59 Å². The van der Waals surface area contributed by atoms with Crippen LogP contribution in [0, 0.1) is 0 Å². The number of thiocarbonyl (C=S) groups is 1. The van der Waals surface area contributed by atoms with Crippen LogP contribution >= 0.6 is 23.8 Å². The summed E-state index contributed by atoms with van der Waals surface area (Å²) in [5, 5.41) is 3.13. The lowest BCUT2D eigenvalue weighted by Gasteiger charge is -2.29. The maximum absolute atomic E-state index is 13.0. The normalized spacial score (nSPS) is 20.0. The third-order valence-electron chi connectivity index (χ3n) is 5.21. The first-order valence-corrected chi connectivity index (χ1v) is 10.2. The van der Waals surface area contributed by atoms with E-state index in [2.05, 4.69) is 9.88 Å². The minimum Gasteiger partial charge on any atom is -0.351 e. The van der Waals surface area contributed by atoms with Crippen LogP contribution in [-0.4, -0.2) is 21.5 Å². The second kappa shape index (κ2) is 7.89. The van der Waals surface area contributed by atoms with E-state index < -0.39 is 11.8 Å². The molecule has 0 spiro atoms. The number of aromatic nitrogens is 1. The minimum atomic E-state index is -0.487. The topological polar surface area (TPSA) is 54.3 Å². The van der Waals surface area contributed by atoms with E-state index in [-0.39, 0.29) is 10.7 Å². The summed E-state index contributed by atoms with van der Waals surface area (Å²) in [4.78, 5) is 26.8. The van der Waals surface area contributed by atoms with Crippen LogP contribution in [0.4, 0.5) is 5.69 Å². The standard InChI is InChI=1S/C21H20ClN3O2S/c22-15-5-4-8-17(12-15)25-20(27)18(19(26)23-21(25)28)11-14-9-10-24(13-14)16-6-2-1-3-7-16/h4-5,8-13,16H,1-3,6-7H2,(H,23,26,28)/b18-11-. The van der Waals surface area contributed by atoms with Gasteiger partial charge in [-0.25, -0.2) is 0 Å². The van der Waals surface area contributed by atoms with Gasteiger partial charge in [0.2, 0.25) is 0 Å². The Morgan fingerprint density at radius 1 is 1.14 bits per heavy atom. The molecule has 2 heterocycles. The highest BCUT2D eigenvalue weighted by Gasteiger charge is 2.34. The Bertz CT molecular complexity index is 976. The molecule has 0 radical (unpaired) electrons. The minimum absolute atomic E-state index is 0.0502. The molecule has 0 unspecified atom stereocenters. The van der Waals surface area contributed by atoms with E-state index in [4.69, 9.17) is 23.8 Å². The first-order valence-electron chi connectivity index (χ1n) is 9.37. The van der Waals surface area contributed by atoms with Gasteiger partial charge in [0.25, 0.3) is 11.8 Å². The number of hydrogen-bond acceptors (Lipinski definition) is 3. The predicted octanol–water partition coefficient (Wildman–Crippen LogP) is 4.48. The lowest BCUT2D eigenvalue weighted by molar-refractivity contribution is -0.122. The van der Waals surface area contributed by atoms with Gasteiger partial charge in [0.05, 0.1) is 5.69 Å². The van der Waals surface area contributed by atoms with Gasteiger partial charge in [-0.15, -0.1) is 0 Å². The molecule has 2 aliphatic rings. The molecule has 28 heavy (non-hydrogen) atoms. The number of rotatable bonds is 3. The zero-order valence-electron chi connectivity index (χ0n) is 15.2. The van der Waals surface area contributed by atoms with Gasteiger partial charge in [-0.3, -0.25) is 19.8 Å². The number of carbonyl (C=O) groups is 2. The fourth-order valence-corrected chi connectivity index (χ4v) is 4.26. The van der Waals surface area contributed by atoms with Crippen molar-refractivity contribution in [3.63, 3.8) is 0 Å². The van der Waals surface area contributed by atoms with Crippen LogP contribution in [0.2, 0.25) is 5.02 Å². The molecule has 1 N–H and O–H groups in total. The zero-order valence-corrected chi connectivity index (χ0v) is 16.8. The summed E-state index contributed by atoms with van der Waals surface area (Å²) < 4.78 is 2.19. The van der Waals surface area contributed by atoms with Gasteiger partial charge in [-0.1, -0.05) is 36.9 Å². The molecule has 2 fully saturated rings. The van der Waals surface area contributed by atoms with Gasteiger partial charge >= 0.3 is 0 Å². The fourth-order valence-electron chi connectivity index (χ4n) is 3.80. The Morgan fingerprint density at radius 3 is 2.68 bits per heavy atom. The summed E-state index contributed by atoms with van der Waals surface area (Å²) in [6, 6.07) is 9.24. The highest BCUT2D eigenvalue weighted by atomic mass is 35.5. The maximum Gasteiger partial charge on any atom is 0.270 e. The molecule has 7 heteroatoms. The van der Waals surface area contributed by atoms with Crippen molar-refractivity contribution in [3.8, 4) is 0 Å². The summed E-state index contributed by atoms with van der Waals surface area (Å²) in [5.74, 6) is -0.944. The van der Waals surface area contributed by atoms with Crippen LogP contribution in [0.1, 0.15) is 43.7 Å². The molecule has 2 aromatic rings. The van der Waals surface area contributed by atoms with E-state index in [0.29, 0.717) is 16.8 Å².